The normalized spacial score (nSPS) is 33.5. The standard InChI is InChI=1S/C16H13ClINO3/c17-10-6-8(2-4-11(10)18)19-15(21)13-7-1-3-9(12(20)5-7)14(13)16(19)22/h2,4,6-7,9,13-14H,1,3,5H2/t7-,9+,13+,14-/m1/s1. The van der Waals surface area contributed by atoms with Gasteiger partial charge in [0.15, 0.2) is 0 Å². The fourth-order valence-corrected chi connectivity index (χ4v) is 4.77. The summed E-state index contributed by atoms with van der Waals surface area (Å²) in [6, 6.07) is 5.19. The number of imide groups is 1. The molecule has 4 fully saturated rings. The molecule has 22 heavy (non-hydrogen) atoms. The summed E-state index contributed by atoms with van der Waals surface area (Å²) in [7, 11) is 0. The Kier molecular flexibility index (Phi) is 3.34. The molecular formula is C16H13ClINO3. The lowest BCUT2D eigenvalue weighted by molar-refractivity contribution is -0.143. The van der Waals surface area contributed by atoms with Crippen molar-refractivity contribution in [3.8, 4) is 0 Å². The Morgan fingerprint density at radius 2 is 1.82 bits per heavy atom. The van der Waals surface area contributed by atoms with Crippen molar-refractivity contribution in [1.29, 1.82) is 0 Å². The zero-order chi connectivity index (χ0) is 15.6. The maximum Gasteiger partial charge on any atom is 0.238 e. The third-order valence-electron chi connectivity index (χ3n) is 5.23. The summed E-state index contributed by atoms with van der Waals surface area (Å²) in [5, 5.41) is 0.521. The first-order chi connectivity index (χ1) is 10.5. The molecule has 4 nitrogen and oxygen atoms in total. The van der Waals surface area contributed by atoms with Crippen LogP contribution in [0, 0.1) is 27.2 Å². The van der Waals surface area contributed by atoms with E-state index in [1.54, 1.807) is 18.2 Å². The number of carbonyl (C=O) groups excluding carboxylic acids is 3. The molecule has 1 aliphatic heterocycles. The van der Waals surface area contributed by atoms with Crippen LogP contribution in [-0.2, 0) is 14.4 Å². The van der Waals surface area contributed by atoms with Crippen LogP contribution in [0.15, 0.2) is 18.2 Å². The van der Waals surface area contributed by atoms with Crippen LogP contribution in [0.4, 0.5) is 5.69 Å². The van der Waals surface area contributed by atoms with E-state index in [-0.39, 0.29) is 35.4 Å². The molecule has 0 spiro atoms. The average Bonchev–Trinajstić information content (AvgIpc) is 2.76. The zero-order valence-electron chi connectivity index (χ0n) is 11.6. The van der Waals surface area contributed by atoms with Crippen molar-refractivity contribution in [2.24, 2.45) is 23.7 Å². The highest BCUT2D eigenvalue weighted by Gasteiger charge is 2.60. The van der Waals surface area contributed by atoms with E-state index in [4.69, 9.17) is 11.6 Å². The molecule has 3 saturated carbocycles. The number of hydrogen-bond acceptors (Lipinski definition) is 3. The first-order valence-corrected chi connectivity index (χ1v) is 8.80. The highest BCUT2D eigenvalue weighted by atomic mass is 127. The fraction of sp³-hybridized carbons (Fsp3) is 0.438. The molecule has 6 heteroatoms. The lowest BCUT2D eigenvalue weighted by Crippen LogP contribution is -2.46. The molecule has 0 unspecified atom stereocenters. The molecule has 1 saturated heterocycles. The second kappa shape index (κ2) is 5.03. The van der Waals surface area contributed by atoms with Crippen LogP contribution in [0.5, 0.6) is 0 Å². The maximum atomic E-state index is 12.8. The summed E-state index contributed by atoms with van der Waals surface area (Å²) >= 11 is 8.22. The van der Waals surface area contributed by atoms with E-state index in [9.17, 15) is 14.4 Å². The van der Waals surface area contributed by atoms with Gasteiger partial charge >= 0.3 is 0 Å². The van der Waals surface area contributed by atoms with Crippen LogP contribution in [0.3, 0.4) is 0 Å². The Morgan fingerprint density at radius 3 is 2.50 bits per heavy atom. The Balaban J connectivity index is 1.77. The van der Waals surface area contributed by atoms with Gasteiger partial charge in [-0.15, -0.1) is 0 Å². The summed E-state index contributed by atoms with van der Waals surface area (Å²) in [4.78, 5) is 38.9. The fourth-order valence-electron chi connectivity index (χ4n) is 4.26. The maximum absolute atomic E-state index is 12.8. The van der Waals surface area contributed by atoms with Crippen molar-refractivity contribution >= 4 is 57.5 Å². The predicted octanol–water partition coefficient (Wildman–Crippen LogP) is 3.05. The first kappa shape index (κ1) is 14.6. The van der Waals surface area contributed by atoms with Crippen LogP contribution in [-0.4, -0.2) is 17.6 Å². The van der Waals surface area contributed by atoms with Crippen LogP contribution in [0.2, 0.25) is 5.02 Å². The van der Waals surface area contributed by atoms with Crippen molar-refractivity contribution < 1.29 is 14.4 Å². The lowest BCUT2D eigenvalue weighted by Gasteiger charge is -2.41. The van der Waals surface area contributed by atoms with E-state index in [1.165, 1.54) is 4.90 Å². The van der Waals surface area contributed by atoms with Crippen molar-refractivity contribution in [3.63, 3.8) is 0 Å². The van der Waals surface area contributed by atoms with Gasteiger partial charge in [0.05, 0.1) is 22.5 Å². The minimum absolute atomic E-state index is 0.0308. The second-order valence-corrected chi connectivity index (χ2v) is 7.85. The highest BCUT2D eigenvalue weighted by Crippen LogP contribution is 2.52. The van der Waals surface area contributed by atoms with E-state index >= 15 is 0 Å². The van der Waals surface area contributed by atoms with Crippen LogP contribution in [0.25, 0.3) is 0 Å². The van der Waals surface area contributed by atoms with Gasteiger partial charge in [-0.2, -0.15) is 0 Å². The Morgan fingerprint density at radius 1 is 1.09 bits per heavy atom. The van der Waals surface area contributed by atoms with Crippen molar-refractivity contribution in [2.75, 3.05) is 4.90 Å². The minimum Gasteiger partial charge on any atom is -0.299 e. The Hall–Kier alpha value is -0.950. The number of anilines is 1. The number of nitrogens with zero attached hydrogens (tertiary/aromatic N) is 1. The van der Waals surface area contributed by atoms with E-state index in [2.05, 4.69) is 22.6 Å². The third kappa shape index (κ3) is 1.91. The van der Waals surface area contributed by atoms with Crippen molar-refractivity contribution in [3.05, 3.63) is 26.8 Å². The molecule has 1 aromatic rings. The van der Waals surface area contributed by atoms with Crippen LogP contribution in [0.1, 0.15) is 19.3 Å². The molecule has 4 aliphatic rings. The topological polar surface area (TPSA) is 54.5 Å². The summed E-state index contributed by atoms with van der Waals surface area (Å²) in [5.74, 6) is -1.24. The largest absolute Gasteiger partial charge is 0.299 e. The van der Waals surface area contributed by atoms with Gasteiger partial charge in [-0.25, -0.2) is 4.90 Å². The summed E-state index contributed by atoms with van der Waals surface area (Å²) in [5.41, 5.74) is 0.515. The molecule has 2 amide bonds. The number of fused-ring (bicyclic) bond motifs is 2. The number of carbonyl (C=O) groups is 3. The van der Waals surface area contributed by atoms with E-state index < -0.39 is 5.92 Å². The molecular weight excluding hydrogens is 417 g/mol. The van der Waals surface area contributed by atoms with Crippen molar-refractivity contribution in [1.82, 2.24) is 0 Å². The lowest BCUT2D eigenvalue weighted by atomic mass is 9.59. The van der Waals surface area contributed by atoms with Gasteiger partial charge in [-0.05, 0) is 59.5 Å². The number of Topliss-reactive ketones (excluding diaryl/α,β-unsaturated/α-hetero) is 1. The molecule has 1 aromatic carbocycles. The molecule has 4 atom stereocenters. The quantitative estimate of drug-likeness (QED) is 0.509. The van der Waals surface area contributed by atoms with E-state index in [1.807, 2.05) is 0 Å². The van der Waals surface area contributed by atoms with Gasteiger partial charge in [0.1, 0.15) is 5.78 Å². The Bertz CT molecular complexity index is 719. The number of ketones is 1. The van der Waals surface area contributed by atoms with Crippen LogP contribution >= 0.6 is 34.2 Å². The SMILES string of the molecule is O=C1C[C@H]2CC[C@@H]1[C@H]1C(=O)N(c3ccc(I)c(Cl)c3)C(=O)[C@@H]21. The number of hydrogen-bond donors (Lipinski definition) is 0. The first-order valence-electron chi connectivity index (χ1n) is 7.34. The number of amides is 2. The van der Waals surface area contributed by atoms with Crippen molar-refractivity contribution in [2.45, 2.75) is 19.3 Å². The summed E-state index contributed by atoms with van der Waals surface area (Å²) in [6.45, 7) is 0. The molecule has 0 aromatic heterocycles. The van der Waals surface area contributed by atoms with Gasteiger partial charge in [0.2, 0.25) is 11.8 Å². The number of halogens is 2. The van der Waals surface area contributed by atoms with Gasteiger partial charge in [-0.3, -0.25) is 14.4 Å². The van der Waals surface area contributed by atoms with Gasteiger partial charge in [-0.1, -0.05) is 11.6 Å². The summed E-state index contributed by atoms with van der Waals surface area (Å²) < 4.78 is 0.870. The molecule has 0 radical (unpaired) electrons. The van der Waals surface area contributed by atoms with Gasteiger partial charge in [0, 0.05) is 15.9 Å². The van der Waals surface area contributed by atoms with Gasteiger partial charge < -0.3 is 0 Å². The summed E-state index contributed by atoms with van der Waals surface area (Å²) in [6.07, 6.45) is 2.06. The third-order valence-corrected chi connectivity index (χ3v) is 6.80. The smallest absolute Gasteiger partial charge is 0.238 e. The number of rotatable bonds is 1. The minimum atomic E-state index is -0.453. The monoisotopic (exact) mass is 429 g/mol. The predicted molar refractivity (Wildman–Crippen MR) is 89.5 cm³/mol. The zero-order valence-corrected chi connectivity index (χ0v) is 14.5. The van der Waals surface area contributed by atoms with E-state index in [0.717, 1.165) is 16.4 Å². The molecule has 3 aliphatic carbocycles. The average molecular weight is 430 g/mol. The number of benzene rings is 1. The molecule has 5 rings (SSSR count). The second-order valence-electron chi connectivity index (χ2n) is 6.28. The van der Waals surface area contributed by atoms with Gasteiger partial charge in [0.25, 0.3) is 0 Å². The molecule has 1 heterocycles. The highest BCUT2D eigenvalue weighted by molar-refractivity contribution is 14.1. The molecule has 0 N–H and O–H groups in total. The van der Waals surface area contributed by atoms with Crippen LogP contribution < -0.4 is 4.90 Å². The molecule has 114 valence electrons. The van der Waals surface area contributed by atoms with E-state index in [0.29, 0.717) is 17.1 Å². The molecule has 2 bridgehead atoms. The Labute approximate surface area is 146 Å².